The van der Waals surface area contributed by atoms with Crippen LogP contribution in [0.25, 0.3) is 0 Å². The molecule has 2 fully saturated rings. The van der Waals surface area contributed by atoms with Crippen LogP contribution in [0.3, 0.4) is 0 Å². The number of Topliss-reactive ketones (excluding diaryl/α,β-unsaturated/α-hetero) is 1. The number of carbonyl (C=O) groups is 1. The maximum Gasteiger partial charge on any atom is 0.146 e. The van der Waals surface area contributed by atoms with Gasteiger partial charge in [-0.3, -0.25) is 9.69 Å². The van der Waals surface area contributed by atoms with E-state index in [4.69, 9.17) is 0 Å². The zero-order valence-corrected chi connectivity index (χ0v) is 9.55. The summed E-state index contributed by atoms with van der Waals surface area (Å²) in [6.07, 6.45) is 5.15. The van der Waals surface area contributed by atoms with Crippen molar-refractivity contribution in [2.75, 3.05) is 13.6 Å². The smallest absolute Gasteiger partial charge is 0.146 e. The number of nitrogens with zero attached hydrogens (tertiary/aromatic N) is 1. The van der Waals surface area contributed by atoms with Gasteiger partial charge < -0.3 is 0 Å². The average Bonchev–Trinajstić information content (AvgIpc) is 2.61. The van der Waals surface area contributed by atoms with Crippen LogP contribution < -0.4 is 0 Å². The largest absolute Gasteiger partial charge is 0.298 e. The van der Waals surface area contributed by atoms with Crippen LogP contribution in [0.4, 0.5) is 0 Å². The highest BCUT2D eigenvalue weighted by atomic mass is 16.1. The van der Waals surface area contributed by atoms with Crippen molar-refractivity contribution in [1.82, 2.24) is 4.90 Å². The SMILES string of the molecule is CCCC1C[C@@]12CC(C(C)=O)N(C)C2. The summed E-state index contributed by atoms with van der Waals surface area (Å²) < 4.78 is 0. The summed E-state index contributed by atoms with van der Waals surface area (Å²) >= 11 is 0. The van der Waals surface area contributed by atoms with Crippen LogP contribution in [0.2, 0.25) is 0 Å². The molecule has 3 atom stereocenters. The van der Waals surface area contributed by atoms with Crippen molar-refractivity contribution >= 4 is 5.78 Å². The number of hydrogen-bond acceptors (Lipinski definition) is 2. The van der Waals surface area contributed by atoms with Gasteiger partial charge in [-0.1, -0.05) is 19.8 Å². The van der Waals surface area contributed by atoms with Crippen LogP contribution in [0.15, 0.2) is 0 Å². The molecule has 1 aliphatic heterocycles. The second-order valence-corrected chi connectivity index (χ2v) is 5.30. The molecule has 0 N–H and O–H groups in total. The van der Waals surface area contributed by atoms with Gasteiger partial charge in [0.15, 0.2) is 0 Å². The zero-order chi connectivity index (χ0) is 10.3. The average molecular weight is 195 g/mol. The van der Waals surface area contributed by atoms with Crippen LogP contribution in [-0.2, 0) is 4.79 Å². The molecular formula is C12H21NO. The van der Waals surface area contributed by atoms with Crippen molar-refractivity contribution in [2.24, 2.45) is 11.3 Å². The monoisotopic (exact) mass is 195 g/mol. The third-order valence-corrected chi connectivity index (χ3v) is 4.16. The topological polar surface area (TPSA) is 20.3 Å². The van der Waals surface area contributed by atoms with E-state index in [2.05, 4.69) is 18.9 Å². The van der Waals surface area contributed by atoms with Gasteiger partial charge in [0, 0.05) is 6.54 Å². The lowest BCUT2D eigenvalue weighted by atomic mass is 9.96. The second kappa shape index (κ2) is 3.34. The molecule has 0 aromatic heterocycles. The fraction of sp³-hybridized carbons (Fsp3) is 0.917. The summed E-state index contributed by atoms with van der Waals surface area (Å²) in [4.78, 5) is 13.7. The molecule has 2 nitrogen and oxygen atoms in total. The lowest BCUT2D eigenvalue weighted by Gasteiger charge is -2.14. The molecule has 1 saturated carbocycles. The van der Waals surface area contributed by atoms with Gasteiger partial charge in [-0.25, -0.2) is 0 Å². The first kappa shape index (κ1) is 10.2. The molecular weight excluding hydrogens is 174 g/mol. The van der Waals surface area contributed by atoms with E-state index < -0.39 is 0 Å². The summed E-state index contributed by atoms with van der Waals surface area (Å²) in [6, 6.07) is 0.219. The minimum atomic E-state index is 0.219. The predicted octanol–water partition coefficient (Wildman–Crippen LogP) is 2.09. The van der Waals surface area contributed by atoms with Crippen LogP contribution >= 0.6 is 0 Å². The van der Waals surface area contributed by atoms with Crippen molar-refractivity contribution in [2.45, 2.75) is 45.6 Å². The molecule has 0 aromatic rings. The number of carbonyl (C=O) groups excluding carboxylic acids is 1. The van der Waals surface area contributed by atoms with E-state index in [1.54, 1.807) is 6.92 Å². The Morgan fingerprint density at radius 1 is 1.50 bits per heavy atom. The minimum absolute atomic E-state index is 0.219. The van der Waals surface area contributed by atoms with Crippen LogP contribution in [-0.4, -0.2) is 30.3 Å². The quantitative estimate of drug-likeness (QED) is 0.687. The summed E-state index contributed by atoms with van der Waals surface area (Å²) in [5.41, 5.74) is 0.543. The Morgan fingerprint density at radius 3 is 2.71 bits per heavy atom. The Bertz CT molecular complexity index is 251. The maximum atomic E-state index is 11.4. The molecule has 1 spiro atoms. The molecule has 2 unspecified atom stereocenters. The highest BCUT2D eigenvalue weighted by molar-refractivity contribution is 5.82. The van der Waals surface area contributed by atoms with Crippen molar-refractivity contribution in [3.63, 3.8) is 0 Å². The summed E-state index contributed by atoms with van der Waals surface area (Å²) in [7, 11) is 2.10. The third-order valence-electron chi connectivity index (χ3n) is 4.16. The Balaban J connectivity index is 1.98. The molecule has 80 valence electrons. The number of likely N-dealkylation sites (N-methyl/N-ethyl adjacent to an activating group) is 1. The van der Waals surface area contributed by atoms with Crippen molar-refractivity contribution in [1.29, 1.82) is 0 Å². The number of rotatable bonds is 3. The van der Waals surface area contributed by atoms with Gasteiger partial charge in [-0.15, -0.1) is 0 Å². The molecule has 2 aliphatic rings. The summed E-state index contributed by atoms with van der Waals surface area (Å²) in [6.45, 7) is 5.15. The minimum Gasteiger partial charge on any atom is -0.298 e. The standard InChI is InChI=1S/C12H21NO/c1-4-5-10-6-12(10)7-11(9(2)14)13(3)8-12/h10-11H,4-8H2,1-3H3/t10?,11?,12-/m0/s1. The number of ketones is 1. The van der Waals surface area contributed by atoms with E-state index in [1.807, 2.05) is 0 Å². The van der Waals surface area contributed by atoms with E-state index in [9.17, 15) is 4.79 Å². The Labute approximate surface area is 86.7 Å². The van der Waals surface area contributed by atoms with Crippen LogP contribution in [0.1, 0.15) is 39.5 Å². The van der Waals surface area contributed by atoms with Gasteiger partial charge in [0.25, 0.3) is 0 Å². The van der Waals surface area contributed by atoms with Crippen molar-refractivity contribution in [3.05, 3.63) is 0 Å². The normalized spacial score (nSPS) is 41.9. The number of likely N-dealkylation sites (tertiary alicyclic amines) is 1. The van der Waals surface area contributed by atoms with Gasteiger partial charge in [0.1, 0.15) is 5.78 Å². The van der Waals surface area contributed by atoms with Gasteiger partial charge >= 0.3 is 0 Å². The first-order valence-electron chi connectivity index (χ1n) is 5.80. The fourth-order valence-electron chi connectivity index (χ4n) is 3.30. The lowest BCUT2D eigenvalue weighted by Crippen LogP contribution is -2.30. The molecule has 0 bridgehead atoms. The van der Waals surface area contributed by atoms with Gasteiger partial charge in [0.05, 0.1) is 6.04 Å². The Kier molecular flexibility index (Phi) is 2.42. The van der Waals surface area contributed by atoms with Gasteiger partial charge in [0.2, 0.25) is 0 Å². The molecule has 0 aromatic carbocycles. The maximum absolute atomic E-state index is 11.4. The Morgan fingerprint density at radius 2 is 2.21 bits per heavy atom. The van der Waals surface area contributed by atoms with Crippen LogP contribution in [0, 0.1) is 11.3 Å². The molecule has 1 aliphatic carbocycles. The zero-order valence-electron chi connectivity index (χ0n) is 9.55. The molecule has 0 radical (unpaired) electrons. The summed E-state index contributed by atoms with van der Waals surface area (Å²) in [5, 5.41) is 0. The first-order chi connectivity index (χ1) is 6.59. The predicted molar refractivity (Wildman–Crippen MR) is 57.2 cm³/mol. The van der Waals surface area contributed by atoms with E-state index in [1.165, 1.54) is 19.3 Å². The Hall–Kier alpha value is -0.370. The van der Waals surface area contributed by atoms with E-state index in [-0.39, 0.29) is 6.04 Å². The molecule has 14 heavy (non-hydrogen) atoms. The summed E-state index contributed by atoms with van der Waals surface area (Å²) in [5.74, 6) is 1.27. The molecule has 1 heterocycles. The highest BCUT2D eigenvalue weighted by Gasteiger charge is 2.59. The molecule has 1 saturated heterocycles. The number of hydrogen-bond donors (Lipinski definition) is 0. The van der Waals surface area contributed by atoms with Gasteiger partial charge in [-0.2, -0.15) is 0 Å². The molecule has 2 rings (SSSR count). The van der Waals surface area contributed by atoms with Crippen molar-refractivity contribution < 1.29 is 4.79 Å². The van der Waals surface area contributed by atoms with E-state index in [0.717, 1.165) is 18.9 Å². The second-order valence-electron chi connectivity index (χ2n) is 5.30. The van der Waals surface area contributed by atoms with E-state index in [0.29, 0.717) is 11.2 Å². The molecule has 0 amide bonds. The third kappa shape index (κ3) is 1.50. The highest BCUT2D eigenvalue weighted by Crippen LogP contribution is 2.61. The van der Waals surface area contributed by atoms with Crippen LogP contribution in [0.5, 0.6) is 0 Å². The molecule has 2 heteroatoms. The van der Waals surface area contributed by atoms with Crippen molar-refractivity contribution in [3.8, 4) is 0 Å². The fourth-order valence-corrected chi connectivity index (χ4v) is 3.30. The van der Waals surface area contributed by atoms with E-state index >= 15 is 0 Å². The lowest BCUT2D eigenvalue weighted by molar-refractivity contribution is -0.120. The first-order valence-corrected chi connectivity index (χ1v) is 5.80. The van der Waals surface area contributed by atoms with Gasteiger partial charge in [-0.05, 0) is 38.1 Å².